The van der Waals surface area contributed by atoms with Crippen LogP contribution < -0.4 is 8.92 Å². The first-order valence-electron chi connectivity index (χ1n) is 10.3. The third-order valence-electron chi connectivity index (χ3n) is 4.77. The number of carbonyl (C=O) groups is 1. The van der Waals surface area contributed by atoms with Gasteiger partial charge in [-0.3, -0.25) is 4.79 Å². The summed E-state index contributed by atoms with van der Waals surface area (Å²) in [6.07, 6.45) is 1.90. The first-order valence-corrected chi connectivity index (χ1v) is 11.8. The van der Waals surface area contributed by atoms with Gasteiger partial charge in [0, 0.05) is 13.0 Å². The average Bonchev–Trinajstić information content (AvgIpc) is 3.26. The van der Waals surface area contributed by atoms with Crippen molar-refractivity contribution in [2.24, 2.45) is 5.92 Å². The Morgan fingerprint density at radius 1 is 1.06 bits per heavy atom. The molecule has 176 valence electrons. The number of nitrogens with zero attached hydrogens (tertiary/aromatic N) is 1. The van der Waals surface area contributed by atoms with Crippen LogP contribution in [0.5, 0.6) is 11.5 Å². The molecule has 0 spiro atoms. The highest BCUT2D eigenvalue weighted by Crippen LogP contribution is 2.31. The van der Waals surface area contributed by atoms with Crippen molar-refractivity contribution in [1.29, 1.82) is 0 Å². The molecule has 0 fully saturated rings. The standard InChI is InChI=1S/C24H26FNO6S/c1-17(2)13-24(27)26(16-20-5-4-12-31-20)15-18-6-11-22(30-3)23(14-18)32-33(28,29)21-9-7-19(25)8-10-21/h4-12,14,17H,13,15-16H2,1-3H3. The Hall–Kier alpha value is -3.33. The van der Waals surface area contributed by atoms with Crippen LogP contribution in [-0.4, -0.2) is 26.3 Å². The van der Waals surface area contributed by atoms with Gasteiger partial charge in [0.1, 0.15) is 16.5 Å². The highest BCUT2D eigenvalue weighted by Gasteiger charge is 2.22. The Labute approximate surface area is 192 Å². The zero-order valence-corrected chi connectivity index (χ0v) is 19.5. The third kappa shape index (κ3) is 6.58. The molecule has 1 aromatic heterocycles. The number of carbonyl (C=O) groups excluding carboxylic acids is 1. The Kier molecular flexibility index (Phi) is 7.75. The van der Waals surface area contributed by atoms with Gasteiger partial charge in [0.25, 0.3) is 0 Å². The fourth-order valence-electron chi connectivity index (χ4n) is 3.17. The van der Waals surface area contributed by atoms with E-state index >= 15 is 0 Å². The van der Waals surface area contributed by atoms with Crippen LogP contribution in [0.1, 0.15) is 31.6 Å². The highest BCUT2D eigenvalue weighted by molar-refractivity contribution is 7.87. The topological polar surface area (TPSA) is 86.0 Å². The van der Waals surface area contributed by atoms with E-state index in [4.69, 9.17) is 13.3 Å². The van der Waals surface area contributed by atoms with Crippen molar-refractivity contribution in [2.75, 3.05) is 7.11 Å². The predicted octanol–water partition coefficient (Wildman–Crippen LogP) is 4.77. The van der Waals surface area contributed by atoms with Crippen LogP contribution in [0, 0.1) is 11.7 Å². The smallest absolute Gasteiger partial charge is 0.339 e. The van der Waals surface area contributed by atoms with Crippen LogP contribution in [0.4, 0.5) is 4.39 Å². The second-order valence-electron chi connectivity index (χ2n) is 7.90. The van der Waals surface area contributed by atoms with Crippen LogP contribution in [0.25, 0.3) is 0 Å². The average molecular weight is 476 g/mol. The summed E-state index contributed by atoms with van der Waals surface area (Å²) in [7, 11) is -2.83. The maximum absolute atomic E-state index is 13.2. The van der Waals surface area contributed by atoms with E-state index in [1.54, 1.807) is 35.4 Å². The number of ether oxygens (including phenoxy) is 1. The fraction of sp³-hybridized carbons (Fsp3) is 0.292. The van der Waals surface area contributed by atoms with E-state index in [1.165, 1.54) is 13.2 Å². The molecule has 2 aromatic carbocycles. The minimum absolute atomic E-state index is 0.0337. The number of methoxy groups -OCH3 is 1. The first-order chi connectivity index (χ1) is 15.7. The van der Waals surface area contributed by atoms with Gasteiger partial charge in [0.15, 0.2) is 11.5 Å². The molecule has 1 amide bonds. The SMILES string of the molecule is COc1ccc(CN(Cc2ccco2)C(=O)CC(C)C)cc1OS(=O)(=O)c1ccc(F)cc1. The molecule has 0 aliphatic heterocycles. The second kappa shape index (κ2) is 10.5. The molecule has 3 rings (SSSR count). The minimum atomic E-state index is -4.22. The van der Waals surface area contributed by atoms with E-state index in [2.05, 4.69) is 0 Å². The van der Waals surface area contributed by atoms with E-state index < -0.39 is 15.9 Å². The van der Waals surface area contributed by atoms with Crippen molar-refractivity contribution in [3.63, 3.8) is 0 Å². The molecule has 0 bridgehead atoms. The van der Waals surface area contributed by atoms with Gasteiger partial charge < -0.3 is 18.2 Å². The molecule has 33 heavy (non-hydrogen) atoms. The summed E-state index contributed by atoms with van der Waals surface area (Å²) in [4.78, 5) is 14.3. The van der Waals surface area contributed by atoms with Gasteiger partial charge in [-0.05, 0) is 60.0 Å². The minimum Gasteiger partial charge on any atom is -0.493 e. The van der Waals surface area contributed by atoms with Crippen molar-refractivity contribution >= 4 is 16.0 Å². The van der Waals surface area contributed by atoms with Crippen molar-refractivity contribution < 1.29 is 30.9 Å². The Morgan fingerprint density at radius 2 is 1.79 bits per heavy atom. The van der Waals surface area contributed by atoms with Gasteiger partial charge in [-0.15, -0.1) is 0 Å². The van der Waals surface area contributed by atoms with Crippen molar-refractivity contribution in [3.05, 3.63) is 78.0 Å². The van der Waals surface area contributed by atoms with Crippen molar-refractivity contribution in [1.82, 2.24) is 4.90 Å². The normalized spacial score (nSPS) is 11.4. The summed E-state index contributed by atoms with van der Waals surface area (Å²) < 4.78 is 54.5. The van der Waals surface area contributed by atoms with E-state index in [9.17, 15) is 17.6 Å². The summed E-state index contributed by atoms with van der Waals surface area (Å²) in [6, 6.07) is 12.7. The number of halogens is 1. The molecule has 0 radical (unpaired) electrons. The van der Waals surface area contributed by atoms with Crippen molar-refractivity contribution in [3.8, 4) is 11.5 Å². The molecule has 1 heterocycles. The zero-order valence-electron chi connectivity index (χ0n) is 18.7. The summed E-state index contributed by atoms with van der Waals surface area (Å²) >= 11 is 0. The van der Waals surface area contributed by atoms with E-state index in [1.807, 2.05) is 13.8 Å². The molecule has 0 unspecified atom stereocenters. The van der Waals surface area contributed by atoms with Crippen molar-refractivity contribution in [2.45, 2.75) is 38.3 Å². The summed E-state index contributed by atoms with van der Waals surface area (Å²) in [6.45, 7) is 4.41. The van der Waals surface area contributed by atoms with Crippen LogP contribution in [0.3, 0.4) is 0 Å². The molecule has 0 saturated heterocycles. The maximum Gasteiger partial charge on any atom is 0.339 e. The number of furan rings is 1. The van der Waals surface area contributed by atoms with Gasteiger partial charge in [-0.25, -0.2) is 4.39 Å². The third-order valence-corrected chi connectivity index (χ3v) is 6.01. The summed E-state index contributed by atoms with van der Waals surface area (Å²) in [5.41, 5.74) is 0.642. The molecule has 3 aromatic rings. The largest absolute Gasteiger partial charge is 0.493 e. The summed E-state index contributed by atoms with van der Waals surface area (Å²) in [5, 5.41) is 0. The maximum atomic E-state index is 13.2. The predicted molar refractivity (Wildman–Crippen MR) is 120 cm³/mol. The first kappa shape index (κ1) is 24.3. The van der Waals surface area contributed by atoms with Gasteiger partial charge in [0.05, 0.1) is 19.9 Å². The van der Waals surface area contributed by atoms with E-state index in [0.717, 1.165) is 24.3 Å². The number of hydrogen-bond acceptors (Lipinski definition) is 6. The van der Waals surface area contributed by atoms with Crippen LogP contribution in [-0.2, 0) is 28.0 Å². The zero-order chi connectivity index (χ0) is 24.0. The molecule has 0 atom stereocenters. The molecule has 0 aliphatic carbocycles. The highest BCUT2D eigenvalue weighted by atomic mass is 32.2. The Bertz CT molecular complexity index is 1170. The quantitative estimate of drug-likeness (QED) is 0.393. The summed E-state index contributed by atoms with van der Waals surface area (Å²) in [5.74, 6) is 0.363. The van der Waals surface area contributed by atoms with Gasteiger partial charge in [0.2, 0.25) is 5.91 Å². The Morgan fingerprint density at radius 3 is 2.39 bits per heavy atom. The van der Waals surface area contributed by atoms with E-state index in [-0.39, 0.29) is 41.3 Å². The monoisotopic (exact) mass is 475 g/mol. The van der Waals surface area contributed by atoms with Gasteiger partial charge in [-0.1, -0.05) is 19.9 Å². The van der Waals surface area contributed by atoms with Crippen LogP contribution in [0.15, 0.2) is 70.2 Å². The molecular formula is C24H26FNO6S. The van der Waals surface area contributed by atoms with E-state index in [0.29, 0.717) is 17.7 Å². The molecule has 9 heteroatoms. The molecule has 0 saturated carbocycles. The number of rotatable bonds is 10. The molecule has 7 nitrogen and oxygen atoms in total. The lowest BCUT2D eigenvalue weighted by atomic mass is 10.1. The lowest BCUT2D eigenvalue weighted by Gasteiger charge is -2.23. The Balaban J connectivity index is 1.87. The fourth-order valence-corrected chi connectivity index (χ4v) is 4.11. The number of amides is 1. The number of benzene rings is 2. The molecule has 0 aliphatic rings. The second-order valence-corrected chi connectivity index (χ2v) is 9.45. The van der Waals surface area contributed by atoms with Crippen LogP contribution in [0.2, 0.25) is 0 Å². The van der Waals surface area contributed by atoms with Crippen LogP contribution >= 0.6 is 0 Å². The lowest BCUT2D eigenvalue weighted by Crippen LogP contribution is -2.30. The lowest BCUT2D eigenvalue weighted by molar-refractivity contribution is -0.133. The van der Waals surface area contributed by atoms with Gasteiger partial charge >= 0.3 is 10.1 Å². The van der Waals surface area contributed by atoms with Gasteiger partial charge in [-0.2, -0.15) is 8.42 Å². The molecular weight excluding hydrogens is 449 g/mol. The number of hydrogen-bond donors (Lipinski definition) is 0. The molecule has 0 N–H and O–H groups in total.